The molecule has 1 nitrogen and oxygen atoms in total. The lowest BCUT2D eigenvalue weighted by molar-refractivity contribution is 0.309. The van der Waals surface area contributed by atoms with Gasteiger partial charge in [0.1, 0.15) is 0 Å². The zero-order valence-corrected chi connectivity index (χ0v) is 9.09. The Morgan fingerprint density at radius 2 is 2.00 bits per heavy atom. The van der Waals surface area contributed by atoms with Crippen molar-refractivity contribution < 1.29 is 0 Å². The van der Waals surface area contributed by atoms with E-state index in [0.717, 1.165) is 18.4 Å². The molecule has 1 saturated carbocycles. The maximum Gasteiger partial charge on any atom is 0.0374 e. The molecule has 76 valence electrons. The van der Waals surface area contributed by atoms with Gasteiger partial charge in [-0.15, -0.1) is 0 Å². The molecule has 1 heteroatoms. The smallest absolute Gasteiger partial charge is 0.0374 e. The monoisotopic (exact) mass is 189 g/mol. The Balaban J connectivity index is 2.01. The summed E-state index contributed by atoms with van der Waals surface area (Å²) in [6.45, 7) is 4.54. The van der Waals surface area contributed by atoms with Gasteiger partial charge in [-0.25, -0.2) is 0 Å². The standard InChI is InChI=1S/C13H19N/c1-3-11-6-4-5-7-13(11)14-12-8-10(2)9-12/h4-7,10,12,14H,3,8-9H2,1-2H3. The van der Waals surface area contributed by atoms with Crippen LogP contribution in [0.25, 0.3) is 0 Å². The fourth-order valence-corrected chi connectivity index (χ4v) is 2.21. The van der Waals surface area contributed by atoms with Crippen molar-refractivity contribution in [3.05, 3.63) is 29.8 Å². The summed E-state index contributed by atoms with van der Waals surface area (Å²) in [7, 11) is 0. The highest BCUT2D eigenvalue weighted by Crippen LogP contribution is 2.30. The van der Waals surface area contributed by atoms with Gasteiger partial charge in [0.15, 0.2) is 0 Å². The molecule has 0 bridgehead atoms. The quantitative estimate of drug-likeness (QED) is 0.767. The van der Waals surface area contributed by atoms with Crippen LogP contribution in [0.2, 0.25) is 0 Å². The summed E-state index contributed by atoms with van der Waals surface area (Å²) in [5.74, 6) is 0.918. The maximum absolute atomic E-state index is 3.63. The molecule has 1 aromatic rings. The van der Waals surface area contributed by atoms with Crippen LogP contribution in [-0.4, -0.2) is 6.04 Å². The minimum Gasteiger partial charge on any atom is -0.382 e. The summed E-state index contributed by atoms with van der Waals surface area (Å²) >= 11 is 0. The molecule has 14 heavy (non-hydrogen) atoms. The summed E-state index contributed by atoms with van der Waals surface area (Å²) in [5.41, 5.74) is 2.78. The molecule has 2 rings (SSSR count). The Bertz CT molecular complexity index is 300. The van der Waals surface area contributed by atoms with Crippen LogP contribution in [0.5, 0.6) is 0 Å². The minimum atomic E-state index is 0.720. The van der Waals surface area contributed by atoms with Crippen LogP contribution in [-0.2, 0) is 6.42 Å². The topological polar surface area (TPSA) is 12.0 Å². The lowest BCUT2D eigenvalue weighted by Crippen LogP contribution is -2.34. The summed E-state index contributed by atoms with van der Waals surface area (Å²) in [4.78, 5) is 0. The van der Waals surface area contributed by atoms with Crippen molar-refractivity contribution in [2.45, 2.75) is 39.2 Å². The van der Waals surface area contributed by atoms with Gasteiger partial charge in [0.25, 0.3) is 0 Å². The number of rotatable bonds is 3. The van der Waals surface area contributed by atoms with Gasteiger partial charge in [-0.05, 0) is 36.8 Å². The van der Waals surface area contributed by atoms with Crippen molar-refractivity contribution in [2.24, 2.45) is 5.92 Å². The highest BCUT2D eigenvalue weighted by Gasteiger charge is 2.25. The predicted octanol–water partition coefficient (Wildman–Crippen LogP) is 3.46. The second kappa shape index (κ2) is 4.04. The van der Waals surface area contributed by atoms with Gasteiger partial charge in [0.05, 0.1) is 0 Å². The Kier molecular flexibility index (Phi) is 2.76. The second-order valence-electron chi connectivity index (χ2n) is 4.43. The van der Waals surface area contributed by atoms with Crippen molar-refractivity contribution in [2.75, 3.05) is 5.32 Å². The number of anilines is 1. The molecule has 1 aliphatic carbocycles. The molecule has 0 radical (unpaired) electrons. The third-order valence-corrected chi connectivity index (χ3v) is 3.13. The molecule has 0 heterocycles. The van der Waals surface area contributed by atoms with E-state index < -0.39 is 0 Å². The molecule has 0 aliphatic heterocycles. The van der Waals surface area contributed by atoms with E-state index in [9.17, 15) is 0 Å². The summed E-state index contributed by atoms with van der Waals surface area (Å²) in [5, 5.41) is 3.63. The lowest BCUT2D eigenvalue weighted by Gasteiger charge is -2.34. The Morgan fingerprint density at radius 3 is 2.64 bits per heavy atom. The fourth-order valence-electron chi connectivity index (χ4n) is 2.21. The number of aryl methyl sites for hydroxylation is 1. The average Bonchev–Trinajstić information content (AvgIpc) is 2.16. The number of para-hydroxylation sites is 1. The predicted molar refractivity (Wildman–Crippen MR) is 61.6 cm³/mol. The zero-order valence-electron chi connectivity index (χ0n) is 9.09. The maximum atomic E-state index is 3.63. The number of nitrogens with one attached hydrogen (secondary N) is 1. The van der Waals surface area contributed by atoms with E-state index >= 15 is 0 Å². The van der Waals surface area contributed by atoms with E-state index in [0.29, 0.717) is 0 Å². The molecule has 0 saturated heterocycles. The Labute approximate surface area is 86.5 Å². The van der Waals surface area contributed by atoms with Gasteiger partial charge in [-0.2, -0.15) is 0 Å². The van der Waals surface area contributed by atoms with Gasteiger partial charge < -0.3 is 5.32 Å². The van der Waals surface area contributed by atoms with E-state index in [2.05, 4.69) is 43.4 Å². The largest absolute Gasteiger partial charge is 0.382 e. The van der Waals surface area contributed by atoms with Crippen LogP contribution in [0, 0.1) is 5.92 Å². The first-order chi connectivity index (χ1) is 6.79. The molecule has 0 unspecified atom stereocenters. The second-order valence-corrected chi connectivity index (χ2v) is 4.43. The zero-order chi connectivity index (χ0) is 9.97. The molecule has 1 aromatic carbocycles. The molecule has 0 atom stereocenters. The molecular weight excluding hydrogens is 170 g/mol. The molecular formula is C13H19N. The molecule has 0 amide bonds. The molecule has 1 N–H and O–H groups in total. The van der Waals surface area contributed by atoms with E-state index in [1.54, 1.807) is 0 Å². The summed E-state index contributed by atoms with van der Waals surface area (Å²) in [6.07, 6.45) is 3.78. The number of hydrogen-bond acceptors (Lipinski definition) is 1. The number of hydrogen-bond donors (Lipinski definition) is 1. The normalized spacial score (nSPS) is 25.6. The van der Waals surface area contributed by atoms with Gasteiger partial charge in [-0.3, -0.25) is 0 Å². The van der Waals surface area contributed by atoms with Crippen molar-refractivity contribution in [3.63, 3.8) is 0 Å². The first kappa shape index (κ1) is 9.57. The SMILES string of the molecule is CCc1ccccc1NC1CC(C)C1. The van der Waals surface area contributed by atoms with Crippen molar-refractivity contribution >= 4 is 5.69 Å². The van der Waals surface area contributed by atoms with Crippen LogP contribution in [0.3, 0.4) is 0 Å². The van der Waals surface area contributed by atoms with E-state index in [1.165, 1.54) is 24.1 Å². The van der Waals surface area contributed by atoms with E-state index in [1.807, 2.05) is 0 Å². The highest BCUT2D eigenvalue weighted by atomic mass is 14.9. The van der Waals surface area contributed by atoms with Crippen molar-refractivity contribution in [1.29, 1.82) is 0 Å². The van der Waals surface area contributed by atoms with E-state index in [-0.39, 0.29) is 0 Å². The van der Waals surface area contributed by atoms with Crippen LogP contribution >= 0.6 is 0 Å². The lowest BCUT2D eigenvalue weighted by atomic mass is 9.81. The fraction of sp³-hybridized carbons (Fsp3) is 0.538. The van der Waals surface area contributed by atoms with Gasteiger partial charge in [0.2, 0.25) is 0 Å². The van der Waals surface area contributed by atoms with Gasteiger partial charge >= 0.3 is 0 Å². The average molecular weight is 189 g/mol. The third kappa shape index (κ3) is 1.92. The molecule has 0 spiro atoms. The van der Waals surface area contributed by atoms with Gasteiger partial charge in [-0.1, -0.05) is 32.0 Å². The Morgan fingerprint density at radius 1 is 1.29 bits per heavy atom. The molecule has 1 fully saturated rings. The van der Waals surface area contributed by atoms with Crippen molar-refractivity contribution in [3.8, 4) is 0 Å². The Hall–Kier alpha value is -0.980. The van der Waals surface area contributed by atoms with Gasteiger partial charge in [0, 0.05) is 11.7 Å². The molecule has 0 aromatic heterocycles. The first-order valence-corrected chi connectivity index (χ1v) is 5.64. The highest BCUT2D eigenvalue weighted by molar-refractivity contribution is 5.52. The summed E-state index contributed by atoms with van der Waals surface area (Å²) < 4.78 is 0. The van der Waals surface area contributed by atoms with Crippen LogP contribution in [0.4, 0.5) is 5.69 Å². The van der Waals surface area contributed by atoms with Crippen LogP contribution < -0.4 is 5.32 Å². The minimum absolute atomic E-state index is 0.720. The van der Waals surface area contributed by atoms with E-state index in [4.69, 9.17) is 0 Å². The third-order valence-electron chi connectivity index (χ3n) is 3.13. The van der Waals surface area contributed by atoms with Crippen LogP contribution in [0.15, 0.2) is 24.3 Å². The number of benzene rings is 1. The molecule has 1 aliphatic rings. The van der Waals surface area contributed by atoms with Crippen molar-refractivity contribution in [1.82, 2.24) is 0 Å². The van der Waals surface area contributed by atoms with Crippen LogP contribution in [0.1, 0.15) is 32.3 Å². The summed E-state index contributed by atoms with van der Waals surface area (Å²) in [6, 6.07) is 9.36. The first-order valence-electron chi connectivity index (χ1n) is 5.64.